The van der Waals surface area contributed by atoms with Gasteiger partial charge in [0.25, 0.3) is 0 Å². The van der Waals surface area contributed by atoms with Gasteiger partial charge in [0.05, 0.1) is 6.10 Å². The number of aliphatic hydroxyl groups is 1. The average Bonchev–Trinajstić information content (AvgIpc) is 1.96. The maximum atomic E-state index is 12.0. The van der Waals surface area contributed by atoms with Crippen molar-refractivity contribution in [1.29, 1.82) is 0 Å². The fraction of sp³-hybridized carbons (Fsp3) is 0.857. The molecule has 0 rings (SSSR count). The number of hydrogen-bond donors (Lipinski definition) is 3. The Kier molecular flexibility index (Phi) is 4.34. The highest BCUT2D eigenvalue weighted by atomic mass is 19.4. The number of hydrogen-bond acceptors (Lipinski definition) is 3. The first-order chi connectivity index (χ1) is 6.16. The lowest BCUT2D eigenvalue weighted by molar-refractivity contribution is -0.160. The summed E-state index contributed by atoms with van der Waals surface area (Å²) in [6, 6.07) is -3.59. The zero-order chi connectivity index (χ0) is 11.5. The number of aliphatic hydroxyl groups excluding tert-OH is 1. The van der Waals surface area contributed by atoms with Crippen LogP contribution in [-0.2, 0) is 4.79 Å². The number of halogens is 3. The van der Waals surface area contributed by atoms with E-state index >= 15 is 0 Å². The molecule has 3 atom stereocenters. The monoisotopic (exact) mass is 215 g/mol. The van der Waals surface area contributed by atoms with E-state index in [1.165, 1.54) is 0 Å². The molecule has 0 amide bonds. The molecule has 0 aliphatic heterocycles. The summed E-state index contributed by atoms with van der Waals surface area (Å²) in [6.07, 6.45) is -5.92. The third-order valence-electron chi connectivity index (χ3n) is 1.67. The molecule has 0 fully saturated rings. The van der Waals surface area contributed by atoms with E-state index in [1.807, 2.05) is 0 Å². The van der Waals surface area contributed by atoms with Gasteiger partial charge in [-0.2, -0.15) is 13.2 Å². The lowest BCUT2D eigenvalue weighted by Crippen LogP contribution is -2.53. The van der Waals surface area contributed by atoms with Crippen molar-refractivity contribution in [3.63, 3.8) is 0 Å². The number of alkyl halides is 3. The zero-order valence-corrected chi connectivity index (χ0v) is 7.67. The Hall–Kier alpha value is -0.820. The summed E-state index contributed by atoms with van der Waals surface area (Å²) in [5.74, 6) is -1.52. The maximum absolute atomic E-state index is 12.0. The number of rotatable bonds is 4. The maximum Gasteiger partial charge on any atom is 0.403 e. The van der Waals surface area contributed by atoms with Crippen LogP contribution in [-0.4, -0.2) is 40.5 Å². The molecule has 0 aromatic carbocycles. The summed E-state index contributed by atoms with van der Waals surface area (Å²) in [5, 5.41) is 19.1. The van der Waals surface area contributed by atoms with Crippen molar-refractivity contribution in [1.82, 2.24) is 5.32 Å². The summed E-state index contributed by atoms with van der Waals surface area (Å²) < 4.78 is 36.0. The highest BCUT2D eigenvalue weighted by Crippen LogP contribution is 2.20. The van der Waals surface area contributed by atoms with Crippen LogP contribution in [0.1, 0.15) is 13.8 Å². The number of carboxylic acids is 1. The van der Waals surface area contributed by atoms with Crippen LogP contribution >= 0.6 is 0 Å². The van der Waals surface area contributed by atoms with Crippen LogP contribution in [0.2, 0.25) is 0 Å². The van der Waals surface area contributed by atoms with Crippen LogP contribution in [0.15, 0.2) is 0 Å². The summed E-state index contributed by atoms with van der Waals surface area (Å²) in [5.41, 5.74) is 0. The minimum Gasteiger partial charge on any atom is -0.480 e. The third kappa shape index (κ3) is 3.93. The predicted octanol–water partition coefficient (Wildman–Crippen LogP) is 0.361. The van der Waals surface area contributed by atoms with Gasteiger partial charge in [0.1, 0.15) is 12.1 Å². The molecule has 0 radical (unpaired) electrons. The minimum absolute atomic E-state index is 0.790. The van der Waals surface area contributed by atoms with Crippen LogP contribution in [0.5, 0.6) is 0 Å². The van der Waals surface area contributed by atoms with Gasteiger partial charge in [-0.3, -0.25) is 10.1 Å². The quantitative estimate of drug-likeness (QED) is 0.633. The standard InChI is InChI=1S/C7H12F3NO3/c1-3(12)5(6(13)14)11-4(2)7(8,9)10/h3-5,11-12H,1-2H3,(H,13,14)/t3-,4?,5+/m1/s1. The van der Waals surface area contributed by atoms with Gasteiger partial charge < -0.3 is 10.2 Å². The molecular weight excluding hydrogens is 203 g/mol. The molecule has 0 saturated carbocycles. The number of aliphatic carboxylic acids is 1. The van der Waals surface area contributed by atoms with Crippen molar-refractivity contribution in [2.75, 3.05) is 0 Å². The fourth-order valence-corrected chi connectivity index (χ4v) is 0.781. The fourth-order valence-electron chi connectivity index (χ4n) is 0.781. The van der Waals surface area contributed by atoms with Gasteiger partial charge in [-0.15, -0.1) is 0 Å². The van der Waals surface area contributed by atoms with Crippen molar-refractivity contribution < 1.29 is 28.2 Å². The highest BCUT2D eigenvalue weighted by Gasteiger charge is 2.39. The van der Waals surface area contributed by atoms with Gasteiger partial charge in [-0.25, -0.2) is 0 Å². The molecule has 1 unspecified atom stereocenters. The largest absolute Gasteiger partial charge is 0.480 e. The summed E-state index contributed by atoms with van der Waals surface area (Å²) in [6.45, 7) is 1.90. The van der Waals surface area contributed by atoms with Gasteiger partial charge in [0.2, 0.25) is 0 Å². The molecule has 0 aromatic rings. The molecule has 3 N–H and O–H groups in total. The van der Waals surface area contributed by atoms with Crippen LogP contribution < -0.4 is 5.32 Å². The van der Waals surface area contributed by atoms with E-state index in [1.54, 1.807) is 5.32 Å². The molecule has 0 heterocycles. The Morgan fingerprint density at radius 3 is 2.00 bits per heavy atom. The number of carbonyl (C=O) groups is 1. The molecule has 0 aromatic heterocycles. The first-order valence-electron chi connectivity index (χ1n) is 3.90. The Labute approximate surface area is 78.7 Å². The predicted molar refractivity (Wildman–Crippen MR) is 41.8 cm³/mol. The van der Waals surface area contributed by atoms with E-state index in [0.29, 0.717) is 0 Å². The Morgan fingerprint density at radius 1 is 1.36 bits per heavy atom. The van der Waals surface area contributed by atoms with E-state index in [9.17, 15) is 18.0 Å². The van der Waals surface area contributed by atoms with Crippen molar-refractivity contribution in [2.45, 2.75) is 38.2 Å². The molecular formula is C7H12F3NO3. The lowest BCUT2D eigenvalue weighted by atomic mass is 10.1. The average molecular weight is 215 g/mol. The number of nitrogens with one attached hydrogen (secondary N) is 1. The van der Waals surface area contributed by atoms with E-state index in [2.05, 4.69) is 0 Å². The van der Waals surface area contributed by atoms with Crippen molar-refractivity contribution in [3.05, 3.63) is 0 Å². The molecule has 0 spiro atoms. The van der Waals surface area contributed by atoms with Gasteiger partial charge >= 0.3 is 12.1 Å². The second-order valence-corrected chi connectivity index (χ2v) is 2.99. The second kappa shape index (κ2) is 4.61. The van der Waals surface area contributed by atoms with E-state index in [-0.39, 0.29) is 0 Å². The molecule has 0 saturated heterocycles. The summed E-state index contributed by atoms with van der Waals surface area (Å²) in [7, 11) is 0. The summed E-state index contributed by atoms with van der Waals surface area (Å²) in [4.78, 5) is 10.4. The molecule has 0 bridgehead atoms. The first kappa shape index (κ1) is 13.2. The second-order valence-electron chi connectivity index (χ2n) is 2.99. The molecule has 84 valence electrons. The van der Waals surface area contributed by atoms with Crippen molar-refractivity contribution in [2.24, 2.45) is 0 Å². The molecule has 0 aliphatic rings. The van der Waals surface area contributed by atoms with Crippen LogP contribution in [0.25, 0.3) is 0 Å². The molecule has 0 aliphatic carbocycles. The van der Waals surface area contributed by atoms with Gasteiger partial charge in [-0.05, 0) is 13.8 Å². The van der Waals surface area contributed by atoms with E-state index in [4.69, 9.17) is 10.2 Å². The van der Waals surface area contributed by atoms with Crippen molar-refractivity contribution >= 4 is 5.97 Å². The Morgan fingerprint density at radius 2 is 1.79 bits per heavy atom. The van der Waals surface area contributed by atoms with Crippen LogP contribution in [0.4, 0.5) is 13.2 Å². The van der Waals surface area contributed by atoms with E-state index < -0.39 is 30.3 Å². The van der Waals surface area contributed by atoms with Gasteiger partial charge in [0, 0.05) is 0 Å². The first-order valence-corrected chi connectivity index (χ1v) is 3.90. The van der Waals surface area contributed by atoms with E-state index in [0.717, 1.165) is 13.8 Å². The van der Waals surface area contributed by atoms with Crippen LogP contribution in [0.3, 0.4) is 0 Å². The van der Waals surface area contributed by atoms with Gasteiger partial charge in [-0.1, -0.05) is 0 Å². The van der Waals surface area contributed by atoms with Crippen molar-refractivity contribution in [3.8, 4) is 0 Å². The SMILES string of the molecule is CC(N[C@H](C(=O)O)[C@@H](C)O)C(F)(F)F. The number of carboxylic acid groups (broad SMARTS) is 1. The molecule has 14 heavy (non-hydrogen) atoms. The third-order valence-corrected chi connectivity index (χ3v) is 1.67. The Bertz CT molecular complexity index is 205. The summed E-state index contributed by atoms with van der Waals surface area (Å²) >= 11 is 0. The smallest absolute Gasteiger partial charge is 0.403 e. The molecule has 4 nitrogen and oxygen atoms in total. The molecule has 7 heteroatoms. The lowest BCUT2D eigenvalue weighted by Gasteiger charge is -2.23. The topological polar surface area (TPSA) is 69.6 Å². The minimum atomic E-state index is -4.53. The zero-order valence-electron chi connectivity index (χ0n) is 7.67. The normalized spacial score (nSPS) is 18.7. The Balaban J connectivity index is 4.39. The van der Waals surface area contributed by atoms with Crippen LogP contribution in [0, 0.1) is 0 Å². The highest BCUT2D eigenvalue weighted by molar-refractivity contribution is 5.74. The van der Waals surface area contributed by atoms with Gasteiger partial charge in [0.15, 0.2) is 0 Å².